The van der Waals surface area contributed by atoms with E-state index in [-0.39, 0.29) is 32.1 Å². The van der Waals surface area contributed by atoms with Gasteiger partial charge in [-0.2, -0.15) is 0 Å². The number of nitrogens with one attached hydrogen (secondary N) is 3. The number of hydrogen-bond donors (Lipinski definition) is 4. The number of aromatic amines is 2. The Kier molecular flexibility index (Phi) is 10.7. The number of aromatic nitrogens is 4. The lowest BCUT2D eigenvalue weighted by atomic mass is 9.82. The molecule has 0 amide bonds. The van der Waals surface area contributed by atoms with Gasteiger partial charge < -0.3 is 33.9 Å². The second-order valence-electron chi connectivity index (χ2n) is 14.1. The lowest BCUT2D eigenvalue weighted by Crippen LogP contribution is -3.14. The largest absolute Gasteiger partial charge is 0.859 e. The van der Waals surface area contributed by atoms with E-state index in [0.717, 1.165) is 31.5 Å². The van der Waals surface area contributed by atoms with Crippen LogP contribution < -0.4 is 35.3 Å². The molecule has 1 saturated heterocycles. The first-order valence-electron chi connectivity index (χ1n) is 17.2. The Morgan fingerprint density at radius 3 is 2.02 bits per heavy atom. The molecule has 0 spiro atoms. The van der Waals surface area contributed by atoms with Gasteiger partial charge in [0, 0.05) is 23.1 Å². The summed E-state index contributed by atoms with van der Waals surface area (Å²) in [6.45, 7) is 8.53. The second kappa shape index (κ2) is 15.0. The van der Waals surface area contributed by atoms with Crippen molar-refractivity contribution < 1.29 is 29.3 Å². The van der Waals surface area contributed by atoms with Crippen LogP contribution in [0.3, 0.4) is 0 Å². The van der Waals surface area contributed by atoms with Crippen LogP contribution >= 0.6 is 24.4 Å². The smallest absolute Gasteiger partial charge is 0.259 e. The number of H-pyrrole nitrogens is 2. The van der Waals surface area contributed by atoms with Crippen LogP contribution in [0.5, 0.6) is 29.0 Å². The van der Waals surface area contributed by atoms with Crippen molar-refractivity contribution in [3.05, 3.63) is 119 Å². The van der Waals surface area contributed by atoms with Crippen molar-refractivity contribution in [2.24, 2.45) is 5.41 Å². The van der Waals surface area contributed by atoms with E-state index in [1.54, 1.807) is 67.8 Å². The van der Waals surface area contributed by atoms with Crippen molar-refractivity contribution >= 4 is 24.4 Å². The predicted molar refractivity (Wildman–Crippen MR) is 205 cm³/mol. The summed E-state index contributed by atoms with van der Waals surface area (Å²) in [5.41, 5.74) is -0.127. The predicted octanol–water partition coefficient (Wildman–Crippen LogP) is 4.85. The van der Waals surface area contributed by atoms with Gasteiger partial charge in [-0.05, 0) is 92.0 Å². The van der Waals surface area contributed by atoms with Crippen LogP contribution in [0.25, 0.3) is 11.4 Å². The van der Waals surface area contributed by atoms with Crippen molar-refractivity contribution in [3.63, 3.8) is 0 Å². The molecular weight excluding hydrogens is 715 g/mol. The van der Waals surface area contributed by atoms with Crippen LogP contribution in [0.4, 0.5) is 0 Å². The number of aromatic hydroxyl groups is 1. The first kappa shape index (κ1) is 37.6. The number of quaternary nitrogens is 1. The monoisotopic (exact) mass is 757 g/mol. The van der Waals surface area contributed by atoms with Crippen LogP contribution in [0.1, 0.15) is 67.8 Å². The lowest BCUT2D eigenvalue weighted by Gasteiger charge is -2.38. The van der Waals surface area contributed by atoms with Crippen LogP contribution in [0, 0.1) is 15.0 Å². The van der Waals surface area contributed by atoms with E-state index >= 15 is 0 Å². The average molecular weight is 758 g/mol. The minimum absolute atomic E-state index is 0.0597. The molecule has 53 heavy (non-hydrogen) atoms. The molecule has 3 aromatic carbocycles. The number of hydrogen-bond acceptors (Lipinski definition) is 9. The topological polar surface area (TPSA) is 151 Å². The van der Waals surface area contributed by atoms with Gasteiger partial charge in [0.1, 0.15) is 23.3 Å². The Morgan fingerprint density at radius 2 is 1.43 bits per heavy atom. The summed E-state index contributed by atoms with van der Waals surface area (Å²) in [6, 6.07) is 18.7. The van der Waals surface area contributed by atoms with Gasteiger partial charge in [0.15, 0.2) is 9.54 Å². The van der Waals surface area contributed by atoms with Gasteiger partial charge in [0.25, 0.3) is 11.1 Å². The SMILES string of the molecule is COc1cccc(-n2c([O-])c(C(c3ccc(OC)c(C(C)[NH+]4CCCC(C)(C)C4)c3)c3c(O)n(-c4cccc(OC)c4)c(=S)[nH]c3=O)c(=O)[nH]c2=S)c1. The van der Waals surface area contributed by atoms with Crippen molar-refractivity contribution in [2.45, 2.75) is 45.6 Å². The fourth-order valence-corrected chi connectivity index (χ4v) is 8.05. The second-order valence-corrected chi connectivity index (χ2v) is 14.8. The Balaban J connectivity index is 1.67. The van der Waals surface area contributed by atoms with Gasteiger partial charge in [0.2, 0.25) is 5.88 Å². The van der Waals surface area contributed by atoms with Gasteiger partial charge in [-0.25, -0.2) is 0 Å². The molecule has 14 heteroatoms. The summed E-state index contributed by atoms with van der Waals surface area (Å²) in [6.07, 6.45) is 2.18. The van der Waals surface area contributed by atoms with E-state index in [9.17, 15) is 19.8 Å². The third-order valence-electron chi connectivity index (χ3n) is 10.1. The van der Waals surface area contributed by atoms with Gasteiger partial charge in [-0.1, -0.05) is 32.0 Å². The number of rotatable bonds is 10. The molecule has 278 valence electrons. The average Bonchev–Trinajstić information content (AvgIpc) is 3.13. The third-order valence-corrected chi connectivity index (χ3v) is 10.7. The van der Waals surface area contributed by atoms with Crippen molar-refractivity contribution in [1.82, 2.24) is 19.1 Å². The molecule has 0 radical (unpaired) electrons. The maximum absolute atomic E-state index is 14.8. The molecule has 3 heterocycles. The molecule has 12 nitrogen and oxygen atoms in total. The normalized spacial score (nSPS) is 16.5. The fourth-order valence-electron chi connectivity index (χ4n) is 7.48. The first-order chi connectivity index (χ1) is 25.3. The van der Waals surface area contributed by atoms with Crippen LogP contribution in [-0.4, -0.2) is 58.6 Å². The molecule has 0 saturated carbocycles. The number of piperidine rings is 1. The Labute approximate surface area is 316 Å². The number of nitrogens with zero attached hydrogens (tertiary/aromatic N) is 2. The maximum atomic E-state index is 14.8. The van der Waals surface area contributed by atoms with Crippen LogP contribution in [-0.2, 0) is 0 Å². The van der Waals surface area contributed by atoms with Gasteiger partial charge in [0.05, 0.1) is 62.8 Å². The standard InChI is InChI=1S/C39H43N5O7S2/c1-22(42-17-9-16-39(2,3)21-42)28-18-23(14-15-29(28)51-6)30(31-33(45)40-37(52)43(35(31)47)24-10-7-12-26(19-24)49-4)32-34(46)41-38(53)44(36(32)48)25-11-8-13-27(20-25)50-5/h7-8,10-15,18-20,22,30,47-48H,9,16-17,21H2,1-6H3,(H,40,45,52)(H,41,46,53). The summed E-state index contributed by atoms with van der Waals surface area (Å²) >= 11 is 11.1. The highest BCUT2D eigenvalue weighted by Gasteiger charge is 2.36. The number of methoxy groups -OCH3 is 3. The zero-order chi connectivity index (χ0) is 38.2. The molecule has 1 aliphatic rings. The highest BCUT2D eigenvalue weighted by atomic mass is 32.1. The maximum Gasteiger partial charge on any atom is 0.259 e. The number of ether oxygens (including phenoxy) is 3. The highest BCUT2D eigenvalue weighted by Crippen LogP contribution is 2.40. The molecule has 5 aromatic rings. The minimum Gasteiger partial charge on any atom is -0.859 e. The third kappa shape index (κ3) is 7.26. The zero-order valence-electron chi connectivity index (χ0n) is 30.4. The molecule has 2 aromatic heterocycles. The molecule has 0 aliphatic carbocycles. The highest BCUT2D eigenvalue weighted by molar-refractivity contribution is 7.71. The van der Waals surface area contributed by atoms with Gasteiger partial charge in [-0.15, -0.1) is 0 Å². The van der Waals surface area contributed by atoms with Gasteiger partial charge >= 0.3 is 0 Å². The molecule has 1 fully saturated rings. The fraction of sp³-hybridized carbons (Fsp3) is 0.333. The molecule has 3 unspecified atom stereocenters. The van der Waals surface area contributed by atoms with Crippen LogP contribution in [0.15, 0.2) is 76.3 Å². The van der Waals surface area contributed by atoms with E-state index in [1.165, 1.54) is 28.3 Å². The number of likely N-dealkylation sites (tertiary alicyclic amines) is 1. The summed E-state index contributed by atoms with van der Waals surface area (Å²) in [5.74, 6) is -1.19. The van der Waals surface area contributed by atoms with Crippen molar-refractivity contribution in [2.75, 3.05) is 34.4 Å². The molecule has 0 bridgehead atoms. The first-order valence-corrected chi connectivity index (χ1v) is 18.1. The van der Waals surface area contributed by atoms with E-state index in [1.807, 2.05) is 6.07 Å². The van der Waals surface area contributed by atoms with E-state index in [0.29, 0.717) is 34.2 Å². The Morgan fingerprint density at radius 1 is 0.849 bits per heavy atom. The van der Waals surface area contributed by atoms with E-state index in [4.69, 9.17) is 38.6 Å². The van der Waals surface area contributed by atoms with Gasteiger partial charge in [-0.3, -0.25) is 24.1 Å². The van der Waals surface area contributed by atoms with E-state index < -0.39 is 28.8 Å². The summed E-state index contributed by atoms with van der Waals surface area (Å²) < 4.78 is 18.9. The van der Waals surface area contributed by atoms with Crippen LogP contribution in [0.2, 0.25) is 0 Å². The zero-order valence-corrected chi connectivity index (χ0v) is 32.1. The van der Waals surface area contributed by atoms with Crippen molar-refractivity contribution in [1.29, 1.82) is 0 Å². The van der Waals surface area contributed by atoms with E-state index in [2.05, 4.69) is 30.7 Å². The summed E-state index contributed by atoms with van der Waals surface area (Å²) in [5, 5.41) is 26.9. The Bertz CT molecular complexity index is 2290. The Hall–Kier alpha value is -5.18. The molecule has 4 N–H and O–H groups in total. The summed E-state index contributed by atoms with van der Waals surface area (Å²) in [4.78, 5) is 34.9. The van der Waals surface area contributed by atoms with Crippen molar-refractivity contribution in [3.8, 4) is 40.4 Å². The minimum atomic E-state index is -1.40. The molecule has 6 rings (SSSR count). The summed E-state index contributed by atoms with van der Waals surface area (Å²) in [7, 11) is 4.59. The number of benzene rings is 3. The molecule has 3 atom stereocenters. The quantitative estimate of drug-likeness (QED) is 0.147. The molecule has 1 aliphatic heterocycles. The lowest BCUT2D eigenvalue weighted by molar-refractivity contribution is -0.941. The molecular formula is C39H43N5O7S2.